The van der Waals surface area contributed by atoms with Gasteiger partial charge in [-0.15, -0.1) is 0 Å². The van der Waals surface area contributed by atoms with Gasteiger partial charge >= 0.3 is 0 Å². The molecule has 0 radical (unpaired) electrons. The van der Waals surface area contributed by atoms with Gasteiger partial charge in [-0.2, -0.15) is 0 Å². The van der Waals surface area contributed by atoms with Gasteiger partial charge in [-0.3, -0.25) is 0 Å². The fraction of sp³-hybridized carbons (Fsp3) is 1.00. The van der Waals surface area contributed by atoms with E-state index in [0.29, 0.717) is 11.8 Å². The first kappa shape index (κ1) is 33.5. The molecule has 3 rings (SSSR count). The molecule has 1 N–H and O–H groups in total. The van der Waals surface area contributed by atoms with Gasteiger partial charge in [0.05, 0.1) is 6.10 Å². The summed E-state index contributed by atoms with van der Waals surface area (Å²) in [6, 6.07) is 0. The van der Waals surface area contributed by atoms with E-state index in [9.17, 15) is 5.11 Å². The Labute approximate surface area is 246 Å². The minimum absolute atomic E-state index is 0.0956. The molecule has 0 heterocycles. The maximum Gasteiger partial charge on any atom is 0.0573 e. The fourth-order valence-electron chi connectivity index (χ4n) is 10.5. The summed E-state index contributed by atoms with van der Waals surface area (Å²) in [6.45, 7) is 19.6. The first-order valence-electron chi connectivity index (χ1n) is 18.3. The molecular formula is C38H72O. The Hall–Kier alpha value is -0.0400. The van der Waals surface area contributed by atoms with Gasteiger partial charge in [0.2, 0.25) is 0 Å². The molecule has 39 heavy (non-hydrogen) atoms. The van der Waals surface area contributed by atoms with Gasteiger partial charge in [0.1, 0.15) is 0 Å². The standard InChI is InChI=1S/C38H72O/c1-9-15-28(6)29(7)22-27(5)23-37-34(20-21-36(37)30(8)31-16-11-12-17-31)24-32-18-13-14-19-33(32)25-38(39)35(10-2)26(3)4/h26-39H,9-25H2,1-8H3/t27?,28-,29-,30?,32?,33?,34?,35+,36?,37?,38?/m1/s1. The Kier molecular flexibility index (Phi) is 14.2. The summed E-state index contributed by atoms with van der Waals surface area (Å²) in [5, 5.41) is 11.3. The van der Waals surface area contributed by atoms with Crippen molar-refractivity contribution < 1.29 is 5.11 Å². The van der Waals surface area contributed by atoms with Crippen LogP contribution in [0.2, 0.25) is 0 Å². The molecule has 3 fully saturated rings. The average molecular weight is 545 g/mol. The Morgan fingerprint density at radius 1 is 0.692 bits per heavy atom. The zero-order valence-electron chi connectivity index (χ0n) is 28.0. The second kappa shape index (κ2) is 16.6. The van der Waals surface area contributed by atoms with Crippen molar-refractivity contribution in [3.63, 3.8) is 0 Å². The van der Waals surface area contributed by atoms with Gasteiger partial charge in [0, 0.05) is 0 Å². The van der Waals surface area contributed by atoms with Crippen molar-refractivity contribution >= 4 is 0 Å². The smallest absolute Gasteiger partial charge is 0.0573 e. The van der Waals surface area contributed by atoms with Gasteiger partial charge < -0.3 is 5.11 Å². The summed E-state index contributed by atoms with van der Waals surface area (Å²) in [5.41, 5.74) is 0. The van der Waals surface area contributed by atoms with Crippen LogP contribution in [0, 0.1) is 71.0 Å². The molecule has 1 nitrogen and oxygen atoms in total. The van der Waals surface area contributed by atoms with Crippen LogP contribution >= 0.6 is 0 Å². The normalized spacial score (nSPS) is 33.2. The topological polar surface area (TPSA) is 20.2 Å². The van der Waals surface area contributed by atoms with E-state index < -0.39 is 0 Å². The van der Waals surface area contributed by atoms with Crippen molar-refractivity contribution in [2.75, 3.05) is 0 Å². The first-order chi connectivity index (χ1) is 18.7. The number of aliphatic hydroxyl groups excluding tert-OH is 1. The minimum Gasteiger partial charge on any atom is -0.393 e. The van der Waals surface area contributed by atoms with Crippen LogP contribution in [-0.2, 0) is 0 Å². The molecule has 230 valence electrons. The molecule has 0 bridgehead atoms. The van der Waals surface area contributed by atoms with Crippen molar-refractivity contribution in [3.8, 4) is 0 Å². The molecule has 8 unspecified atom stereocenters. The fourth-order valence-corrected chi connectivity index (χ4v) is 10.5. The number of rotatable bonds is 16. The molecule has 0 spiro atoms. The van der Waals surface area contributed by atoms with Gasteiger partial charge in [-0.05, 0) is 110 Å². The molecule has 3 saturated carbocycles. The second-order valence-corrected chi connectivity index (χ2v) is 16.0. The van der Waals surface area contributed by atoms with Crippen LogP contribution < -0.4 is 0 Å². The summed E-state index contributed by atoms with van der Waals surface area (Å²) in [6.07, 6.45) is 23.8. The lowest BCUT2D eigenvalue weighted by atomic mass is 9.67. The van der Waals surface area contributed by atoms with E-state index in [1.54, 1.807) is 0 Å². The third-order valence-electron chi connectivity index (χ3n) is 13.0. The quantitative estimate of drug-likeness (QED) is 0.205. The molecule has 0 aromatic rings. The van der Waals surface area contributed by atoms with E-state index in [4.69, 9.17) is 0 Å². The number of hydrogen-bond donors (Lipinski definition) is 1. The molecule has 3 aliphatic rings. The van der Waals surface area contributed by atoms with Gasteiger partial charge in [0.15, 0.2) is 0 Å². The third-order valence-corrected chi connectivity index (χ3v) is 13.0. The van der Waals surface area contributed by atoms with E-state index >= 15 is 0 Å². The maximum atomic E-state index is 11.3. The zero-order valence-corrected chi connectivity index (χ0v) is 28.0. The molecule has 3 aliphatic carbocycles. The molecule has 1 heteroatoms. The van der Waals surface area contributed by atoms with Gasteiger partial charge in [-0.25, -0.2) is 0 Å². The van der Waals surface area contributed by atoms with E-state index in [2.05, 4.69) is 55.4 Å². The molecule has 0 saturated heterocycles. The summed E-state index contributed by atoms with van der Waals surface area (Å²) >= 11 is 0. The van der Waals surface area contributed by atoms with Crippen LogP contribution in [0.5, 0.6) is 0 Å². The van der Waals surface area contributed by atoms with Crippen LogP contribution in [-0.4, -0.2) is 11.2 Å². The third kappa shape index (κ3) is 9.48. The number of aliphatic hydroxyl groups is 1. The summed E-state index contributed by atoms with van der Waals surface area (Å²) < 4.78 is 0. The van der Waals surface area contributed by atoms with Crippen molar-refractivity contribution in [1.82, 2.24) is 0 Å². The van der Waals surface area contributed by atoms with Gasteiger partial charge in [0.25, 0.3) is 0 Å². The molecule has 11 atom stereocenters. The Morgan fingerprint density at radius 3 is 1.95 bits per heavy atom. The Bertz CT molecular complexity index is 649. The van der Waals surface area contributed by atoms with Crippen LogP contribution in [0.15, 0.2) is 0 Å². The highest BCUT2D eigenvalue weighted by Gasteiger charge is 2.43. The lowest BCUT2D eigenvalue weighted by Crippen LogP contribution is -2.33. The minimum atomic E-state index is -0.0956. The van der Waals surface area contributed by atoms with Crippen molar-refractivity contribution in [2.24, 2.45) is 71.0 Å². The highest BCUT2D eigenvalue weighted by atomic mass is 16.3. The van der Waals surface area contributed by atoms with E-state index in [0.717, 1.165) is 72.0 Å². The molecule has 0 amide bonds. The van der Waals surface area contributed by atoms with Crippen LogP contribution in [0.25, 0.3) is 0 Å². The Balaban J connectivity index is 1.70. The van der Waals surface area contributed by atoms with E-state index in [-0.39, 0.29) is 6.10 Å². The van der Waals surface area contributed by atoms with E-state index in [1.807, 2.05) is 0 Å². The first-order valence-corrected chi connectivity index (χ1v) is 18.3. The highest BCUT2D eigenvalue weighted by Crippen LogP contribution is 2.52. The Morgan fingerprint density at radius 2 is 1.33 bits per heavy atom. The second-order valence-electron chi connectivity index (χ2n) is 16.0. The predicted octanol–water partition coefficient (Wildman–Crippen LogP) is 11.6. The summed E-state index contributed by atoms with van der Waals surface area (Å²) in [5.74, 6) is 10.1. The lowest BCUT2D eigenvalue weighted by Gasteiger charge is -2.39. The van der Waals surface area contributed by atoms with Gasteiger partial charge in [-0.1, -0.05) is 126 Å². The summed E-state index contributed by atoms with van der Waals surface area (Å²) in [4.78, 5) is 0. The molecule has 0 aliphatic heterocycles. The maximum absolute atomic E-state index is 11.3. The zero-order chi connectivity index (χ0) is 28.5. The molecule has 0 aromatic carbocycles. The summed E-state index contributed by atoms with van der Waals surface area (Å²) in [7, 11) is 0. The monoisotopic (exact) mass is 545 g/mol. The predicted molar refractivity (Wildman–Crippen MR) is 172 cm³/mol. The SMILES string of the molecule is CCC[C@@H](C)[C@H](C)CC(C)CC1C(CC2CCCCC2CC(O)[C@@H](CC)C(C)C)CCC1C(C)C1CCCC1. The lowest BCUT2D eigenvalue weighted by molar-refractivity contribution is 0.0319. The van der Waals surface area contributed by atoms with Crippen LogP contribution in [0.3, 0.4) is 0 Å². The van der Waals surface area contributed by atoms with Crippen molar-refractivity contribution in [3.05, 3.63) is 0 Å². The van der Waals surface area contributed by atoms with Crippen LogP contribution in [0.4, 0.5) is 0 Å². The van der Waals surface area contributed by atoms with E-state index in [1.165, 1.54) is 96.3 Å². The molecule has 0 aromatic heterocycles. The van der Waals surface area contributed by atoms with Crippen LogP contribution in [0.1, 0.15) is 165 Å². The average Bonchev–Trinajstić information content (AvgIpc) is 3.56. The molecular weight excluding hydrogens is 472 g/mol. The largest absolute Gasteiger partial charge is 0.393 e. The number of hydrogen-bond acceptors (Lipinski definition) is 1. The van der Waals surface area contributed by atoms with Crippen molar-refractivity contribution in [2.45, 2.75) is 171 Å². The highest BCUT2D eigenvalue weighted by molar-refractivity contribution is 4.93. The van der Waals surface area contributed by atoms with Crippen molar-refractivity contribution in [1.29, 1.82) is 0 Å².